The number of benzene rings is 1. The van der Waals surface area contributed by atoms with Crippen molar-refractivity contribution in [2.75, 3.05) is 6.26 Å². The van der Waals surface area contributed by atoms with Crippen LogP contribution in [0.3, 0.4) is 0 Å². The van der Waals surface area contributed by atoms with Crippen molar-refractivity contribution >= 4 is 46.1 Å². The molecule has 24 heavy (non-hydrogen) atoms. The zero-order chi connectivity index (χ0) is 16.9. The molecule has 1 N–H and O–H groups in total. The lowest BCUT2D eigenvalue weighted by Gasteiger charge is -2.07. The van der Waals surface area contributed by atoms with Gasteiger partial charge in [0.15, 0.2) is 0 Å². The number of nitrogens with one attached hydrogen (secondary N) is 1. The summed E-state index contributed by atoms with van der Waals surface area (Å²) in [6, 6.07) is 13.1. The van der Waals surface area contributed by atoms with Gasteiger partial charge in [-0.15, -0.1) is 23.1 Å². The van der Waals surface area contributed by atoms with Gasteiger partial charge in [-0.05, 0) is 42.0 Å². The van der Waals surface area contributed by atoms with Crippen molar-refractivity contribution < 1.29 is 9.59 Å². The molecule has 3 aromatic rings. The highest BCUT2D eigenvalue weighted by atomic mass is 32.2. The van der Waals surface area contributed by atoms with Gasteiger partial charge in [0, 0.05) is 20.7 Å². The molecule has 3 rings (SSSR count). The monoisotopic (exact) mass is 373 g/mol. The van der Waals surface area contributed by atoms with Crippen molar-refractivity contribution in [1.82, 2.24) is 5.32 Å². The molecule has 0 spiro atoms. The molecule has 3 nitrogen and oxygen atoms in total. The number of hydrogen-bond donors (Lipinski definition) is 1. The van der Waals surface area contributed by atoms with E-state index in [9.17, 15) is 9.59 Å². The molecule has 6 heteroatoms. The number of amides is 1. The van der Waals surface area contributed by atoms with E-state index in [1.165, 1.54) is 22.7 Å². The predicted octanol–water partition coefficient (Wildman–Crippen LogP) is 4.69. The highest BCUT2D eigenvalue weighted by Crippen LogP contribution is 2.22. The number of rotatable bonds is 6. The number of carbonyl (C=O) groups excluding carboxylic acids is 2. The Kier molecular flexibility index (Phi) is 5.50. The number of thiophene rings is 2. The van der Waals surface area contributed by atoms with Gasteiger partial charge in [-0.25, -0.2) is 0 Å². The second-order valence-electron chi connectivity index (χ2n) is 4.99. The van der Waals surface area contributed by atoms with Crippen molar-refractivity contribution in [2.24, 2.45) is 0 Å². The number of ketones is 1. The highest BCUT2D eigenvalue weighted by molar-refractivity contribution is 7.98. The predicted molar refractivity (Wildman–Crippen MR) is 101 cm³/mol. The lowest BCUT2D eigenvalue weighted by Crippen LogP contribution is -2.22. The third-order valence-corrected chi connectivity index (χ3v) is 6.01. The summed E-state index contributed by atoms with van der Waals surface area (Å²) in [6.07, 6.45) is 1.95. The molecule has 0 atom stereocenters. The van der Waals surface area contributed by atoms with Crippen LogP contribution in [0.4, 0.5) is 0 Å². The third-order valence-electron chi connectivity index (χ3n) is 3.44. The SMILES string of the molecule is CSc1ccccc1C(=O)NCc1ccc(C(=O)c2ccsc2)s1. The first-order valence-corrected chi connectivity index (χ1v) is 10.2. The van der Waals surface area contributed by atoms with Crippen LogP contribution in [0.5, 0.6) is 0 Å². The van der Waals surface area contributed by atoms with E-state index in [4.69, 9.17) is 0 Å². The fourth-order valence-electron chi connectivity index (χ4n) is 2.23. The average molecular weight is 374 g/mol. The fourth-order valence-corrected chi connectivity index (χ4v) is 4.37. The summed E-state index contributed by atoms with van der Waals surface area (Å²) in [5.74, 6) is -0.0642. The van der Waals surface area contributed by atoms with Gasteiger partial charge in [0.2, 0.25) is 5.78 Å². The standard InChI is InChI=1S/C18H15NO2S3/c1-22-15-5-3-2-4-14(15)18(21)19-10-13-6-7-16(24-13)17(20)12-8-9-23-11-12/h2-9,11H,10H2,1H3,(H,19,21). The van der Waals surface area contributed by atoms with Gasteiger partial charge < -0.3 is 5.32 Å². The van der Waals surface area contributed by atoms with Gasteiger partial charge in [0.25, 0.3) is 5.91 Å². The summed E-state index contributed by atoms with van der Waals surface area (Å²) in [6.45, 7) is 0.420. The number of thioether (sulfide) groups is 1. The Balaban J connectivity index is 1.65. The van der Waals surface area contributed by atoms with Crippen molar-refractivity contribution in [3.8, 4) is 0 Å². The molecule has 122 valence electrons. The van der Waals surface area contributed by atoms with Crippen molar-refractivity contribution in [1.29, 1.82) is 0 Å². The molecule has 0 saturated carbocycles. The summed E-state index contributed by atoms with van der Waals surface area (Å²) in [7, 11) is 0. The molecule has 0 radical (unpaired) electrons. The first kappa shape index (κ1) is 17.0. The summed E-state index contributed by atoms with van der Waals surface area (Å²) in [5, 5.41) is 6.67. The average Bonchev–Trinajstić information content (AvgIpc) is 3.30. The molecule has 0 aliphatic heterocycles. The van der Waals surface area contributed by atoms with Crippen LogP contribution < -0.4 is 5.32 Å². The van der Waals surface area contributed by atoms with E-state index in [1.807, 2.05) is 59.5 Å². The van der Waals surface area contributed by atoms with Crippen LogP contribution in [0, 0.1) is 0 Å². The number of carbonyl (C=O) groups is 2. The van der Waals surface area contributed by atoms with E-state index in [2.05, 4.69) is 5.32 Å². The minimum Gasteiger partial charge on any atom is -0.347 e. The Bertz CT molecular complexity index is 853. The van der Waals surface area contributed by atoms with Gasteiger partial charge in [0.05, 0.1) is 17.0 Å². The zero-order valence-corrected chi connectivity index (χ0v) is 15.4. The van der Waals surface area contributed by atoms with E-state index < -0.39 is 0 Å². The van der Waals surface area contributed by atoms with E-state index in [0.29, 0.717) is 22.5 Å². The molecular weight excluding hydrogens is 358 g/mol. The molecule has 1 amide bonds. The smallest absolute Gasteiger partial charge is 0.252 e. The molecular formula is C18H15NO2S3. The Morgan fingerprint density at radius 2 is 1.96 bits per heavy atom. The molecule has 0 fully saturated rings. The third kappa shape index (κ3) is 3.77. The normalized spacial score (nSPS) is 10.5. The highest BCUT2D eigenvalue weighted by Gasteiger charge is 2.14. The van der Waals surface area contributed by atoms with Gasteiger partial charge >= 0.3 is 0 Å². The van der Waals surface area contributed by atoms with Crippen molar-refractivity contribution in [3.05, 3.63) is 74.1 Å². The Labute approximate surface area is 152 Å². The van der Waals surface area contributed by atoms with E-state index in [1.54, 1.807) is 11.8 Å². The maximum Gasteiger partial charge on any atom is 0.252 e. The quantitative estimate of drug-likeness (QED) is 0.503. The topological polar surface area (TPSA) is 46.2 Å². The molecule has 0 unspecified atom stereocenters. The lowest BCUT2D eigenvalue weighted by molar-refractivity contribution is 0.0948. The molecule has 0 aliphatic rings. The van der Waals surface area contributed by atoms with Crippen molar-refractivity contribution in [2.45, 2.75) is 11.4 Å². The van der Waals surface area contributed by atoms with Gasteiger partial charge in [-0.1, -0.05) is 12.1 Å². The van der Waals surface area contributed by atoms with Crippen LogP contribution in [0.1, 0.15) is 30.5 Å². The minimum atomic E-state index is -0.0981. The van der Waals surface area contributed by atoms with Gasteiger partial charge in [-0.3, -0.25) is 9.59 Å². The Hall–Kier alpha value is -1.89. The van der Waals surface area contributed by atoms with Gasteiger partial charge in [-0.2, -0.15) is 11.3 Å². The molecule has 0 bridgehead atoms. The second-order valence-corrected chi connectivity index (χ2v) is 7.79. The van der Waals surface area contributed by atoms with Crippen LogP contribution in [0.2, 0.25) is 0 Å². The molecule has 0 saturated heterocycles. The molecule has 2 aromatic heterocycles. The van der Waals surface area contributed by atoms with Crippen LogP contribution >= 0.6 is 34.4 Å². The maximum absolute atomic E-state index is 12.3. The van der Waals surface area contributed by atoms with Crippen LogP contribution in [0.15, 0.2) is 58.1 Å². The zero-order valence-electron chi connectivity index (χ0n) is 12.9. The minimum absolute atomic E-state index is 0.0338. The van der Waals surface area contributed by atoms with Gasteiger partial charge in [0.1, 0.15) is 0 Å². The Morgan fingerprint density at radius 3 is 2.71 bits per heavy atom. The summed E-state index contributed by atoms with van der Waals surface area (Å²) >= 11 is 4.48. The van der Waals surface area contributed by atoms with Crippen LogP contribution in [-0.2, 0) is 6.54 Å². The lowest BCUT2D eigenvalue weighted by atomic mass is 10.2. The second kappa shape index (κ2) is 7.79. The fraction of sp³-hybridized carbons (Fsp3) is 0.111. The van der Waals surface area contributed by atoms with E-state index in [0.717, 1.165) is 9.77 Å². The molecule has 0 aliphatic carbocycles. The molecule has 1 aromatic carbocycles. The first-order valence-electron chi connectivity index (χ1n) is 7.26. The largest absolute Gasteiger partial charge is 0.347 e. The number of hydrogen-bond acceptors (Lipinski definition) is 5. The Morgan fingerprint density at radius 1 is 1.12 bits per heavy atom. The van der Waals surface area contributed by atoms with Crippen LogP contribution in [0.25, 0.3) is 0 Å². The van der Waals surface area contributed by atoms with Crippen molar-refractivity contribution in [3.63, 3.8) is 0 Å². The summed E-state index contributed by atoms with van der Waals surface area (Å²) in [5.41, 5.74) is 1.39. The summed E-state index contributed by atoms with van der Waals surface area (Å²) in [4.78, 5) is 27.2. The molecule has 2 heterocycles. The van der Waals surface area contributed by atoms with Crippen LogP contribution in [-0.4, -0.2) is 17.9 Å². The maximum atomic E-state index is 12.3. The van der Waals surface area contributed by atoms with E-state index in [-0.39, 0.29) is 11.7 Å². The summed E-state index contributed by atoms with van der Waals surface area (Å²) < 4.78 is 0. The first-order chi connectivity index (χ1) is 11.7. The van der Waals surface area contributed by atoms with E-state index >= 15 is 0 Å².